The predicted octanol–water partition coefficient (Wildman–Crippen LogP) is -0.0506. The smallest absolute Gasteiger partial charge is 0.239 e. The van der Waals surface area contributed by atoms with Crippen LogP contribution in [0.2, 0.25) is 0 Å². The van der Waals surface area contributed by atoms with Gasteiger partial charge in [0.1, 0.15) is 5.82 Å². The van der Waals surface area contributed by atoms with Crippen LogP contribution in [0.5, 0.6) is 0 Å². The fourth-order valence-electron chi connectivity index (χ4n) is 1.47. The van der Waals surface area contributed by atoms with E-state index >= 15 is 0 Å². The molecular weight excluding hydrogens is 249 g/mol. The van der Waals surface area contributed by atoms with Crippen LogP contribution in [0.1, 0.15) is 12.0 Å². The maximum Gasteiger partial charge on any atom is 0.239 e. The van der Waals surface area contributed by atoms with E-state index in [2.05, 4.69) is 10.6 Å². The van der Waals surface area contributed by atoms with Gasteiger partial charge in [-0.05, 0) is 30.7 Å². The molecule has 0 aliphatic carbocycles. The molecule has 1 rings (SSSR count). The molecule has 0 atom stereocenters. The second-order valence-electron chi connectivity index (χ2n) is 4.08. The molecule has 0 unspecified atom stereocenters. The molecule has 104 valence electrons. The lowest BCUT2D eigenvalue weighted by Gasteiger charge is -2.06. The van der Waals surface area contributed by atoms with Crippen LogP contribution in [0.25, 0.3) is 0 Å². The van der Waals surface area contributed by atoms with Crippen molar-refractivity contribution in [3.05, 3.63) is 35.6 Å². The van der Waals surface area contributed by atoms with Gasteiger partial charge >= 0.3 is 0 Å². The summed E-state index contributed by atoms with van der Waals surface area (Å²) in [6.45, 7) is 0.917. The molecule has 1 aromatic rings. The molecule has 0 radical (unpaired) electrons. The second kappa shape index (κ2) is 8.20. The highest BCUT2D eigenvalue weighted by molar-refractivity contribution is 5.85. The summed E-state index contributed by atoms with van der Waals surface area (Å²) in [5.41, 5.74) is 5.85. The number of hydrogen-bond acceptors (Lipinski definition) is 3. The largest absolute Gasteiger partial charge is 0.355 e. The third-order valence-corrected chi connectivity index (χ3v) is 2.40. The molecule has 4 N–H and O–H groups in total. The number of halogens is 1. The maximum atomic E-state index is 12.9. The van der Waals surface area contributed by atoms with Gasteiger partial charge in [-0.25, -0.2) is 4.39 Å². The summed E-state index contributed by atoms with van der Waals surface area (Å²) in [5, 5.41) is 5.09. The first-order chi connectivity index (χ1) is 9.11. The molecule has 0 aromatic heterocycles. The topological polar surface area (TPSA) is 84.2 Å². The zero-order valence-corrected chi connectivity index (χ0v) is 10.6. The van der Waals surface area contributed by atoms with E-state index in [4.69, 9.17) is 5.73 Å². The third kappa shape index (κ3) is 6.52. The first kappa shape index (κ1) is 15.1. The van der Waals surface area contributed by atoms with Crippen LogP contribution in [0.15, 0.2) is 24.3 Å². The number of benzene rings is 1. The van der Waals surface area contributed by atoms with Gasteiger partial charge < -0.3 is 16.4 Å². The number of nitrogens with one attached hydrogen (secondary N) is 2. The standard InChI is InChI=1S/C13H18FN3O2/c14-11-4-1-3-10(7-11)8-12(18)17-9-13(19)16-6-2-5-15/h1,3-4,7H,2,5-6,8-9,15H2,(H,16,19)(H,17,18). The van der Waals surface area contributed by atoms with Crippen molar-refractivity contribution in [1.29, 1.82) is 0 Å². The van der Waals surface area contributed by atoms with Crippen LogP contribution < -0.4 is 16.4 Å². The molecule has 0 aliphatic rings. The third-order valence-electron chi connectivity index (χ3n) is 2.40. The molecule has 6 heteroatoms. The normalized spacial score (nSPS) is 10.0. The number of carbonyl (C=O) groups excluding carboxylic acids is 2. The molecule has 0 aliphatic heterocycles. The zero-order valence-electron chi connectivity index (χ0n) is 10.6. The SMILES string of the molecule is NCCCNC(=O)CNC(=O)Cc1cccc(F)c1. The number of carbonyl (C=O) groups is 2. The Bertz CT molecular complexity index is 438. The minimum Gasteiger partial charge on any atom is -0.355 e. The van der Waals surface area contributed by atoms with E-state index in [-0.39, 0.29) is 30.6 Å². The molecule has 0 heterocycles. The fraction of sp³-hybridized carbons (Fsp3) is 0.385. The molecule has 0 bridgehead atoms. The molecule has 5 nitrogen and oxygen atoms in total. The van der Waals surface area contributed by atoms with E-state index in [0.717, 1.165) is 0 Å². The quantitative estimate of drug-likeness (QED) is 0.606. The lowest BCUT2D eigenvalue weighted by molar-refractivity contribution is -0.125. The van der Waals surface area contributed by atoms with Crippen molar-refractivity contribution in [2.24, 2.45) is 5.73 Å². The first-order valence-electron chi connectivity index (χ1n) is 6.09. The Balaban J connectivity index is 2.26. The molecular formula is C13H18FN3O2. The Morgan fingerprint density at radius 1 is 1.21 bits per heavy atom. The van der Waals surface area contributed by atoms with E-state index in [0.29, 0.717) is 25.1 Å². The van der Waals surface area contributed by atoms with E-state index in [1.54, 1.807) is 6.07 Å². The summed E-state index contributed by atoms with van der Waals surface area (Å²) in [6, 6.07) is 5.80. The molecule has 0 saturated heterocycles. The van der Waals surface area contributed by atoms with Crippen LogP contribution in [0.4, 0.5) is 4.39 Å². The van der Waals surface area contributed by atoms with Gasteiger partial charge in [0.2, 0.25) is 11.8 Å². The van der Waals surface area contributed by atoms with Gasteiger partial charge in [-0.15, -0.1) is 0 Å². The number of nitrogens with two attached hydrogens (primary N) is 1. The Morgan fingerprint density at radius 2 is 2.00 bits per heavy atom. The van der Waals surface area contributed by atoms with Crippen LogP contribution >= 0.6 is 0 Å². The predicted molar refractivity (Wildman–Crippen MR) is 69.8 cm³/mol. The average Bonchev–Trinajstić information content (AvgIpc) is 2.37. The highest BCUT2D eigenvalue weighted by Gasteiger charge is 2.06. The van der Waals surface area contributed by atoms with Gasteiger partial charge in [-0.2, -0.15) is 0 Å². The van der Waals surface area contributed by atoms with Gasteiger partial charge in [0, 0.05) is 6.54 Å². The van der Waals surface area contributed by atoms with E-state index in [1.165, 1.54) is 18.2 Å². The highest BCUT2D eigenvalue weighted by atomic mass is 19.1. The number of rotatable bonds is 7. The van der Waals surface area contributed by atoms with Gasteiger partial charge in [-0.1, -0.05) is 12.1 Å². The summed E-state index contributed by atoms with van der Waals surface area (Å²) in [5.74, 6) is -0.967. The monoisotopic (exact) mass is 267 g/mol. The first-order valence-corrected chi connectivity index (χ1v) is 6.09. The Labute approximate surface area is 111 Å². The van der Waals surface area contributed by atoms with Gasteiger partial charge in [-0.3, -0.25) is 9.59 Å². The minimum absolute atomic E-state index is 0.0494. The van der Waals surface area contributed by atoms with Crippen molar-refractivity contribution in [1.82, 2.24) is 10.6 Å². The second-order valence-corrected chi connectivity index (χ2v) is 4.08. The highest BCUT2D eigenvalue weighted by Crippen LogP contribution is 2.03. The number of hydrogen-bond donors (Lipinski definition) is 3. The van der Waals surface area contributed by atoms with E-state index < -0.39 is 0 Å². The zero-order chi connectivity index (χ0) is 14.1. The van der Waals surface area contributed by atoms with E-state index in [9.17, 15) is 14.0 Å². The number of amides is 2. The fourth-order valence-corrected chi connectivity index (χ4v) is 1.47. The molecule has 19 heavy (non-hydrogen) atoms. The summed E-state index contributed by atoms with van der Waals surface area (Å²) >= 11 is 0. The van der Waals surface area contributed by atoms with Gasteiger partial charge in [0.15, 0.2) is 0 Å². The molecule has 0 spiro atoms. The van der Waals surface area contributed by atoms with Crippen molar-refractivity contribution in [2.75, 3.05) is 19.6 Å². The van der Waals surface area contributed by atoms with Crippen LogP contribution in [0, 0.1) is 5.82 Å². The average molecular weight is 267 g/mol. The van der Waals surface area contributed by atoms with Crippen molar-refractivity contribution in [3.63, 3.8) is 0 Å². The van der Waals surface area contributed by atoms with Crippen LogP contribution in [0.3, 0.4) is 0 Å². The minimum atomic E-state index is -0.384. The molecule has 0 fully saturated rings. The maximum absolute atomic E-state index is 12.9. The van der Waals surface area contributed by atoms with Crippen molar-refractivity contribution >= 4 is 11.8 Å². The summed E-state index contributed by atoms with van der Waals surface area (Å²) in [4.78, 5) is 22.8. The van der Waals surface area contributed by atoms with E-state index in [1.807, 2.05) is 0 Å². The summed E-state index contributed by atoms with van der Waals surface area (Å²) in [7, 11) is 0. The molecule has 0 saturated carbocycles. The van der Waals surface area contributed by atoms with Crippen molar-refractivity contribution in [2.45, 2.75) is 12.8 Å². The molecule has 2 amide bonds. The summed E-state index contributed by atoms with van der Waals surface area (Å²) in [6.07, 6.45) is 0.747. The lowest BCUT2D eigenvalue weighted by atomic mass is 10.1. The van der Waals surface area contributed by atoms with Crippen LogP contribution in [-0.4, -0.2) is 31.4 Å². The van der Waals surface area contributed by atoms with Crippen molar-refractivity contribution < 1.29 is 14.0 Å². The van der Waals surface area contributed by atoms with Gasteiger partial charge in [0.05, 0.1) is 13.0 Å². The lowest BCUT2D eigenvalue weighted by Crippen LogP contribution is -2.38. The van der Waals surface area contributed by atoms with Crippen LogP contribution in [-0.2, 0) is 16.0 Å². The van der Waals surface area contributed by atoms with Crippen molar-refractivity contribution in [3.8, 4) is 0 Å². The Morgan fingerprint density at radius 3 is 2.68 bits per heavy atom. The van der Waals surface area contributed by atoms with Gasteiger partial charge in [0.25, 0.3) is 0 Å². The molecule has 1 aromatic carbocycles. The summed E-state index contributed by atoms with van der Waals surface area (Å²) < 4.78 is 12.9. The Hall–Kier alpha value is -1.95. The Kier molecular flexibility index (Phi) is 6.52.